The van der Waals surface area contributed by atoms with Crippen LogP contribution in [0.4, 0.5) is 5.69 Å². The van der Waals surface area contributed by atoms with E-state index in [0.717, 1.165) is 22.6 Å². The summed E-state index contributed by atoms with van der Waals surface area (Å²) in [6.07, 6.45) is 7.36. The lowest BCUT2D eigenvalue weighted by molar-refractivity contribution is 0.602. The predicted molar refractivity (Wildman–Crippen MR) is 70.0 cm³/mol. The van der Waals surface area contributed by atoms with Gasteiger partial charge in [0.1, 0.15) is 0 Å². The molecule has 3 rings (SSSR count). The molecule has 1 aromatic carbocycles. The number of benzene rings is 1. The van der Waals surface area contributed by atoms with Gasteiger partial charge in [0.15, 0.2) is 0 Å². The van der Waals surface area contributed by atoms with Crippen LogP contribution in [0.5, 0.6) is 0 Å². The van der Waals surface area contributed by atoms with Crippen LogP contribution in [0.1, 0.15) is 26.2 Å². The van der Waals surface area contributed by atoms with E-state index < -0.39 is 0 Å². The third-order valence-electron chi connectivity index (χ3n) is 3.53. The zero-order valence-electron chi connectivity index (χ0n) is 10.1. The molecule has 17 heavy (non-hydrogen) atoms. The van der Waals surface area contributed by atoms with E-state index in [1.165, 1.54) is 19.3 Å². The van der Waals surface area contributed by atoms with Gasteiger partial charge >= 0.3 is 0 Å². The summed E-state index contributed by atoms with van der Waals surface area (Å²) in [5.74, 6) is 0.854. The van der Waals surface area contributed by atoms with E-state index in [2.05, 4.69) is 34.3 Å². The SMILES string of the molecule is CC1CCC(Nc2ccc3nccnc3c2)C1. The van der Waals surface area contributed by atoms with Crippen molar-refractivity contribution in [3.05, 3.63) is 30.6 Å². The minimum Gasteiger partial charge on any atom is -0.382 e. The fraction of sp³-hybridized carbons (Fsp3) is 0.429. The first-order valence-corrected chi connectivity index (χ1v) is 6.28. The van der Waals surface area contributed by atoms with Crippen LogP contribution in [0.2, 0.25) is 0 Å². The van der Waals surface area contributed by atoms with E-state index >= 15 is 0 Å². The number of aromatic nitrogens is 2. The van der Waals surface area contributed by atoms with Crippen LogP contribution in [0.15, 0.2) is 30.6 Å². The van der Waals surface area contributed by atoms with Gasteiger partial charge in [-0.25, -0.2) is 0 Å². The van der Waals surface area contributed by atoms with Crippen molar-refractivity contribution in [1.82, 2.24) is 9.97 Å². The molecule has 3 nitrogen and oxygen atoms in total. The highest BCUT2D eigenvalue weighted by molar-refractivity contribution is 5.78. The highest BCUT2D eigenvalue weighted by atomic mass is 14.9. The minimum atomic E-state index is 0.624. The molecule has 3 heteroatoms. The summed E-state index contributed by atoms with van der Waals surface area (Å²) in [5, 5.41) is 3.60. The number of hydrogen-bond acceptors (Lipinski definition) is 3. The number of anilines is 1. The van der Waals surface area contributed by atoms with Gasteiger partial charge in [0, 0.05) is 24.1 Å². The number of hydrogen-bond donors (Lipinski definition) is 1. The molecule has 1 aliphatic carbocycles. The Kier molecular flexibility index (Phi) is 2.67. The van der Waals surface area contributed by atoms with Gasteiger partial charge in [-0.1, -0.05) is 6.92 Å². The molecular formula is C14H17N3. The molecular weight excluding hydrogens is 210 g/mol. The van der Waals surface area contributed by atoms with Crippen LogP contribution in [-0.2, 0) is 0 Å². The number of nitrogens with zero attached hydrogens (tertiary/aromatic N) is 2. The van der Waals surface area contributed by atoms with Gasteiger partial charge in [0.2, 0.25) is 0 Å². The molecule has 0 saturated heterocycles. The van der Waals surface area contributed by atoms with Crippen molar-refractivity contribution in [3.63, 3.8) is 0 Å². The normalized spacial score (nSPS) is 24.1. The zero-order valence-corrected chi connectivity index (χ0v) is 10.1. The molecule has 0 bridgehead atoms. The maximum absolute atomic E-state index is 4.33. The van der Waals surface area contributed by atoms with Crippen molar-refractivity contribution in [1.29, 1.82) is 0 Å². The highest BCUT2D eigenvalue weighted by Crippen LogP contribution is 2.28. The molecule has 2 atom stereocenters. The molecule has 0 amide bonds. The highest BCUT2D eigenvalue weighted by Gasteiger charge is 2.20. The molecule has 2 unspecified atom stereocenters. The van der Waals surface area contributed by atoms with Gasteiger partial charge in [-0.3, -0.25) is 9.97 Å². The maximum atomic E-state index is 4.33. The van der Waals surface area contributed by atoms with E-state index in [1.54, 1.807) is 12.4 Å². The first-order valence-electron chi connectivity index (χ1n) is 6.28. The van der Waals surface area contributed by atoms with E-state index in [9.17, 15) is 0 Å². The number of nitrogens with one attached hydrogen (secondary N) is 1. The van der Waals surface area contributed by atoms with Gasteiger partial charge in [-0.05, 0) is 43.4 Å². The van der Waals surface area contributed by atoms with E-state index in [-0.39, 0.29) is 0 Å². The van der Waals surface area contributed by atoms with Crippen molar-refractivity contribution < 1.29 is 0 Å². The average molecular weight is 227 g/mol. The second-order valence-corrected chi connectivity index (χ2v) is 5.02. The third-order valence-corrected chi connectivity index (χ3v) is 3.53. The van der Waals surface area contributed by atoms with Gasteiger partial charge in [0.25, 0.3) is 0 Å². The second-order valence-electron chi connectivity index (χ2n) is 5.02. The monoisotopic (exact) mass is 227 g/mol. The topological polar surface area (TPSA) is 37.8 Å². The van der Waals surface area contributed by atoms with Crippen LogP contribution >= 0.6 is 0 Å². The van der Waals surface area contributed by atoms with Gasteiger partial charge < -0.3 is 5.32 Å². The molecule has 88 valence electrons. The summed E-state index contributed by atoms with van der Waals surface area (Å²) in [6.45, 7) is 2.33. The van der Waals surface area contributed by atoms with Crippen molar-refractivity contribution in [2.75, 3.05) is 5.32 Å². The van der Waals surface area contributed by atoms with Crippen molar-refractivity contribution in [2.24, 2.45) is 5.92 Å². The number of fused-ring (bicyclic) bond motifs is 1. The smallest absolute Gasteiger partial charge is 0.0907 e. The van der Waals surface area contributed by atoms with Crippen LogP contribution in [0, 0.1) is 5.92 Å². The van der Waals surface area contributed by atoms with Gasteiger partial charge in [-0.15, -0.1) is 0 Å². The van der Waals surface area contributed by atoms with Gasteiger partial charge in [0.05, 0.1) is 11.0 Å². The maximum Gasteiger partial charge on any atom is 0.0907 e. The average Bonchev–Trinajstić information content (AvgIpc) is 2.75. The summed E-state index contributed by atoms with van der Waals surface area (Å²) in [5.41, 5.74) is 3.08. The standard InChI is InChI=1S/C14H17N3/c1-10-2-3-11(8-10)17-12-4-5-13-14(9-12)16-7-6-15-13/h4-7,9-11,17H,2-3,8H2,1H3. The Bertz CT molecular complexity index is 524. The Labute approximate surface area is 101 Å². The minimum absolute atomic E-state index is 0.624. The van der Waals surface area contributed by atoms with Crippen LogP contribution < -0.4 is 5.32 Å². The van der Waals surface area contributed by atoms with Gasteiger partial charge in [-0.2, -0.15) is 0 Å². The van der Waals surface area contributed by atoms with Crippen molar-refractivity contribution in [2.45, 2.75) is 32.2 Å². The number of rotatable bonds is 2. The lowest BCUT2D eigenvalue weighted by Crippen LogP contribution is -2.15. The van der Waals surface area contributed by atoms with Crippen molar-refractivity contribution >= 4 is 16.7 Å². The fourth-order valence-corrected chi connectivity index (χ4v) is 2.63. The van der Waals surface area contributed by atoms with E-state index in [0.29, 0.717) is 6.04 Å². The summed E-state index contributed by atoms with van der Waals surface area (Å²) in [6, 6.07) is 6.84. The van der Waals surface area contributed by atoms with Crippen molar-refractivity contribution in [3.8, 4) is 0 Å². The molecule has 1 heterocycles. The summed E-state index contributed by atoms with van der Waals surface area (Å²) in [4.78, 5) is 8.60. The first kappa shape index (κ1) is 10.5. The Morgan fingerprint density at radius 2 is 1.94 bits per heavy atom. The molecule has 0 radical (unpaired) electrons. The van der Waals surface area contributed by atoms with Crippen LogP contribution in [0.25, 0.3) is 11.0 Å². The molecule has 1 saturated carbocycles. The third kappa shape index (κ3) is 2.23. The molecule has 0 spiro atoms. The van der Waals surface area contributed by atoms with Crippen LogP contribution in [0.3, 0.4) is 0 Å². The summed E-state index contributed by atoms with van der Waals surface area (Å²) in [7, 11) is 0. The Morgan fingerprint density at radius 3 is 2.71 bits per heavy atom. The largest absolute Gasteiger partial charge is 0.382 e. The molecule has 1 fully saturated rings. The Balaban J connectivity index is 1.81. The Hall–Kier alpha value is -1.64. The molecule has 1 aliphatic rings. The first-order chi connectivity index (χ1) is 8.31. The predicted octanol–water partition coefficient (Wildman–Crippen LogP) is 3.23. The lowest BCUT2D eigenvalue weighted by Gasteiger charge is -2.14. The Morgan fingerprint density at radius 1 is 1.12 bits per heavy atom. The van der Waals surface area contributed by atoms with E-state index in [4.69, 9.17) is 0 Å². The quantitative estimate of drug-likeness (QED) is 0.856. The zero-order chi connectivity index (χ0) is 11.7. The van der Waals surface area contributed by atoms with E-state index in [1.807, 2.05) is 6.07 Å². The summed E-state index contributed by atoms with van der Waals surface area (Å²) < 4.78 is 0. The second kappa shape index (κ2) is 4.32. The fourth-order valence-electron chi connectivity index (χ4n) is 2.63. The summed E-state index contributed by atoms with van der Waals surface area (Å²) >= 11 is 0. The molecule has 1 N–H and O–H groups in total. The molecule has 2 aromatic rings. The lowest BCUT2D eigenvalue weighted by atomic mass is 10.1. The van der Waals surface area contributed by atoms with Crippen LogP contribution in [-0.4, -0.2) is 16.0 Å². The molecule has 0 aliphatic heterocycles. The molecule has 1 aromatic heterocycles.